The van der Waals surface area contributed by atoms with Crippen LogP contribution in [0.1, 0.15) is 32.8 Å². The predicted octanol–water partition coefficient (Wildman–Crippen LogP) is 3.87. The van der Waals surface area contributed by atoms with Crippen molar-refractivity contribution in [3.63, 3.8) is 0 Å². The maximum Gasteiger partial charge on any atom is 0.120 e. The van der Waals surface area contributed by atoms with E-state index in [2.05, 4.69) is 32.2 Å². The Balaban J connectivity index is 3.12. The van der Waals surface area contributed by atoms with Crippen molar-refractivity contribution < 1.29 is 4.74 Å². The molecule has 1 aromatic carbocycles. The third-order valence-corrected chi connectivity index (χ3v) is 3.56. The van der Waals surface area contributed by atoms with Gasteiger partial charge in [0.1, 0.15) is 5.75 Å². The molecule has 0 fully saturated rings. The predicted molar refractivity (Wildman–Crippen MR) is 78.7 cm³/mol. The molecular formula is C15H24ClNO. The number of halogens is 1. The molecule has 0 spiro atoms. The smallest absolute Gasteiger partial charge is 0.120 e. The zero-order chi connectivity index (χ0) is 13.8. The lowest BCUT2D eigenvalue weighted by Crippen LogP contribution is -2.35. The molecule has 0 saturated carbocycles. The van der Waals surface area contributed by atoms with Crippen molar-refractivity contribution in [1.29, 1.82) is 0 Å². The van der Waals surface area contributed by atoms with E-state index >= 15 is 0 Å². The molecule has 2 nitrogen and oxygen atoms in total. The van der Waals surface area contributed by atoms with Crippen LogP contribution in [-0.2, 0) is 5.41 Å². The van der Waals surface area contributed by atoms with Gasteiger partial charge in [0.05, 0.1) is 7.11 Å². The Bertz CT molecular complexity index is 392. The third kappa shape index (κ3) is 3.63. The number of hydrogen-bond acceptors (Lipinski definition) is 2. The third-order valence-electron chi connectivity index (χ3n) is 3.25. The van der Waals surface area contributed by atoms with Crippen molar-refractivity contribution in [2.45, 2.75) is 32.6 Å². The standard InChI is InChI=1S/C15H24ClNO/c1-11(2)9-15(3,10-17-4)13-7-6-12(18-5)8-14(13)16/h6-8,11,17H,9-10H2,1-5H3. The molecule has 1 aromatic rings. The van der Waals surface area contributed by atoms with Gasteiger partial charge in [0.25, 0.3) is 0 Å². The quantitative estimate of drug-likeness (QED) is 0.846. The van der Waals surface area contributed by atoms with E-state index in [0.717, 1.165) is 23.7 Å². The second-order valence-corrected chi connectivity index (χ2v) is 5.94. The van der Waals surface area contributed by atoms with Gasteiger partial charge >= 0.3 is 0 Å². The van der Waals surface area contributed by atoms with Gasteiger partial charge in [0.15, 0.2) is 0 Å². The molecule has 18 heavy (non-hydrogen) atoms. The summed E-state index contributed by atoms with van der Waals surface area (Å²) in [4.78, 5) is 0. The van der Waals surface area contributed by atoms with Crippen LogP contribution in [0, 0.1) is 5.92 Å². The number of rotatable bonds is 6. The second kappa shape index (κ2) is 6.44. The van der Waals surface area contributed by atoms with E-state index in [1.54, 1.807) is 7.11 Å². The number of benzene rings is 1. The van der Waals surface area contributed by atoms with Gasteiger partial charge in [0.2, 0.25) is 0 Å². The normalized spacial score (nSPS) is 14.6. The summed E-state index contributed by atoms with van der Waals surface area (Å²) in [6.45, 7) is 7.66. The molecule has 102 valence electrons. The SMILES string of the molecule is CNCC(C)(CC(C)C)c1ccc(OC)cc1Cl. The number of hydrogen-bond donors (Lipinski definition) is 1. The van der Waals surface area contributed by atoms with Gasteiger partial charge in [-0.3, -0.25) is 0 Å². The molecule has 0 saturated heterocycles. The van der Waals surface area contributed by atoms with Crippen LogP contribution >= 0.6 is 11.6 Å². The van der Waals surface area contributed by atoms with Crippen molar-refractivity contribution >= 4 is 11.6 Å². The first-order valence-electron chi connectivity index (χ1n) is 6.41. The monoisotopic (exact) mass is 269 g/mol. The molecule has 1 rings (SSSR count). The molecule has 0 amide bonds. The Kier molecular flexibility index (Phi) is 5.48. The lowest BCUT2D eigenvalue weighted by atomic mass is 9.76. The summed E-state index contributed by atoms with van der Waals surface area (Å²) in [5, 5.41) is 4.06. The Morgan fingerprint density at radius 2 is 2.06 bits per heavy atom. The van der Waals surface area contributed by atoms with Crippen molar-refractivity contribution in [3.8, 4) is 5.75 Å². The fourth-order valence-corrected chi connectivity index (χ4v) is 3.08. The lowest BCUT2D eigenvalue weighted by Gasteiger charge is -2.33. The minimum Gasteiger partial charge on any atom is -0.497 e. The molecule has 0 radical (unpaired) electrons. The van der Waals surface area contributed by atoms with E-state index in [4.69, 9.17) is 16.3 Å². The Labute approximate surface area is 116 Å². The molecule has 0 aromatic heterocycles. The summed E-state index contributed by atoms with van der Waals surface area (Å²) in [5.74, 6) is 1.43. The molecule has 3 heteroatoms. The van der Waals surface area contributed by atoms with Crippen LogP contribution in [0.15, 0.2) is 18.2 Å². The first-order valence-corrected chi connectivity index (χ1v) is 6.79. The van der Waals surface area contributed by atoms with E-state index < -0.39 is 0 Å². The molecule has 0 aliphatic rings. The average Bonchev–Trinajstić information content (AvgIpc) is 2.27. The van der Waals surface area contributed by atoms with Crippen LogP contribution in [-0.4, -0.2) is 20.7 Å². The summed E-state index contributed by atoms with van der Waals surface area (Å²) in [5.41, 5.74) is 1.24. The van der Waals surface area contributed by atoms with Crippen LogP contribution in [0.3, 0.4) is 0 Å². The topological polar surface area (TPSA) is 21.3 Å². The molecule has 1 N–H and O–H groups in total. The first-order chi connectivity index (χ1) is 8.42. The number of nitrogens with one attached hydrogen (secondary N) is 1. The Morgan fingerprint density at radius 3 is 2.50 bits per heavy atom. The molecule has 0 aliphatic heterocycles. The minimum atomic E-state index is 0.0479. The highest BCUT2D eigenvalue weighted by Crippen LogP contribution is 2.36. The Morgan fingerprint density at radius 1 is 1.39 bits per heavy atom. The summed E-state index contributed by atoms with van der Waals surface area (Å²) < 4.78 is 5.20. The number of methoxy groups -OCH3 is 1. The fraction of sp³-hybridized carbons (Fsp3) is 0.600. The van der Waals surface area contributed by atoms with Gasteiger partial charge in [0, 0.05) is 17.0 Å². The van der Waals surface area contributed by atoms with Crippen LogP contribution in [0.25, 0.3) is 0 Å². The highest BCUT2D eigenvalue weighted by atomic mass is 35.5. The van der Waals surface area contributed by atoms with E-state index in [0.29, 0.717) is 5.92 Å². The maximum absolute atomic E-state index is 6.40. The van der Waals surface area contributed by atoms with E-state index in [1.807, 2.05) is 19.2 Å². The molecule has 0 bridgehead atoms. The zero-order valence-electron chi connectivity index (χ0n) is 12.0. The van der Waals surface area contributed by atoms with Gasteiger partial charge in [-0.25, -0.2) is 0 Å². The fourth-order valence-electron chi connectivity index (χ4n) is 2.68. The van der Waals surface area contributed by atoms with Crippen LogP contribution < -0.4 is 10.1 Å². The molecule has 1 atom stereocenters. The second-order valence-electron chi connectivity index (χ2n) is 5.53. The summed E-state index contributed by atoms with van der Waals surface area (Å²) in [6, 6.07) is 5.96. The van der Waals surface area contributed by atoms with Crippen LogP contribution in [0.4, 0.5) is 0 Å². The van der Waals surface area contributed by atoms with Crippen molar-refractivity contribution in [3.05, 3.63) is 28.8 Å². The summed E-state index contributed by atoms with van der Waals surface area (Å²) in [6.07, 6.45) is 1.10. The average molecular weight is 270 g/mol. The molecule has 0 aliphatic carbocycles. The number of likely N-dealkylation sites (N-methyl/N-ethyl adjacent to an activating group) is 1. The van der Waals surface area contributed by atoms with Crippen LogP contribution in [0.5, 0.6) is 5.75 Å². The van der Waals surface area contributed by atoms with E-state index in [-0.39, 0.29) is 5.41 Å². The summed E-state index contributed by atoms with van der Waals surface area (Å²) >= 11 is 6.40. The van der Waals surface area contributed by atoms with Crippen molar-refractivity contribution in [1.82, 2.24) is 5.32 Å². The highest BCUT2D eigenvalue weighted by molar-refractivity contribution is 6.31. The van der Waals surface area contributed by atoms with Crippen LogP contribution in [0.2, 0.25) is 5.02 Å². The van der Waals surface area contributed by atoms with Gasteiger partial charge in [-0.05, 0) is 37.1 Å². The number of ether oxygens (including phenoxy) is 1. The van der Waals surface area contributed by atoms with Crippen molar-refractivity contribution in [2.24, 2.45) is 5.92 Å². The minimum absolute atomic E-state index is 0.0479. The maximum atomic E-state index is 6.40. The lowest BCUT2D eigenvalue weighted by molar-refractivity contribution is 0.357. The molecule has 0 heterocycles. The van der Waals surface area contributed by atoms with Crippen molar-refractivity contribution in [2.75, 3.05) is 20.7 Å². The molecular weight excluding hydrogens is 246 g/mol. The van der Waals surface area contributed by atoms with Gasteiger partial charge in [-0.15, -0.1) is 0 Å². The summed E-state index contributed by atoms with van der Waals surface area (Å²) in [7, 11) is 3.64. The first kappa shape index (κ1) is 15.3. The molecule has 1 unspecified atom stereocenters. The Hall–Kier alpha value is -0.730. The van der Waals surface area contributed by atoms with Gasteiger partial charge < -0.3 is 10.1 Å². The van der Waals surface area contributed by atoms with E-state index in [1.165, 1.54) is 5.56 Å². The largest absolute Gasteiger partial charge is 0.497 e. The zero-order valence-corrected chi connectivity index (χ0v) is 12.8. The van der Waals surface area contributed by atoms with E-state index in [9.17, 15) is 0 Å². The highest BCUT2D eigenvalue weighted by Gasteiger charge is 2.29. The van der Waals surface area contributed by atoms with Gasteiger partial charge in [-0.1, -0.05) is 38.4 Å². The van der Waals surface area contributed by atoms with Gasteiger partial charge in [-0.2, -0.15) is 0 Å².